The Morgan fingerprint density at radius 2 is 2.08 bits per heavy atom. The number of hydrogen-bond acceptors (Lipinski definition) is 7. The monoisotopic (exact) mass is 364 g/mol. The lowest BCUT2D eigenvalue weighted by Gasteiger charge is -2.25. The number of pyridine rings is 1. The maximum absolute atomic E-state index is 12.6. The summed E-state index contributed by atoms with van der Waals surface area (Å²) in [4.78, 5) is 4.89. The molecule has 0 aliphatic carbocycles. The fourth-order valence-corrected chi connectivity index (χ4v) is 5.12. The maximum Gasteiger partial charge on any atom is 0.252 e. The van der Waals surface area contributed by atoms with Crippen LogP contribution in [0.3, 0.4) is 0 Å². The van der Waals surface area contributed by atoms with Crippen LogP contribution in [-0.4, -0.2) is 44.0 Å². The number of morpholine rings is 1. The van der Waals surface area contributed by atoms with Gasteiger partial charge in [-0.25, -0.2) is 13.4 Å². The van der Waals surface area contributed by atoms with Crippen molar-refractivity contribution < 1.29 is 13.2 Å². The molecule has 0 atom stereocenters. The number of rotatable bonds is 5. The van der Waals surface area contributed by atoms with E-state index in [-0.39, 0.29) is 0 Å². The van der Waals surface area contributed by atoms with E-state index in [0.29, 0.717) is 42.8 Å². The molecular formula is C15H16N4O3S2. The molecule has 1 aliphatic rings. The second-order valence-electron chi connectivity index (χ2n) is 5.13. The summed E-state index contributed by atoms with van der Waals surface area (Å²) in [5.41, 5.74) is 1.13. The topological polar surface area (TPSA) is 95.3 Å². The number of anilines is 1. The molecule has 0 bridgehead atoms. The summed E-state index contributed by atoms with van der Waals surface area (Å²) >= 11 is 1.25. The molecule has 0 aromatic carbocycles. The van der Waals surface area contributed by atoms with Crippen LogP contribution in [0.25, 0.3) is 0 Å². The second kappa shape index (κ2) is 7.27. The van der Waals surface area contributed by atoms with E-state index < -0.39 is 10.0 Å². The van der Waals surface area contributed by atoms with Gasteiger partial charge in [0.2, 0.25) is 0 Å². The lowest BCUT2D eigenvalue weighted by molar-refractivity contribution is 0.0731. The van der Waals surface area contributed by atoms with Gasteiger partial charge in [0.15, 0.2) is 0 Å². The van der Waals surface area contributed by atoms with Gasteiger partial charge < -0.3 is 10.1 Å². The lowest BCUT2D eigenvalue weighted by atomic mass is 10.3. The highest BCUT2D eigenvalue weighted by molar-refractivity contribution is 7.91. The Labute approximate surface area is 144 Å². The molecule has 2 aromatic rings. The van der Waals surface area contributed by atoms with Gasteiger partial charge in [0.05, 0.1) is 25.1 Å². The van der Waals surface area contributed by atoms with E-state index in [1.165, 1.54) is 15.6 Å². The van der Waals surface area contributed by atoms with Crippen molar-refractivity contribution >= 4 is 27.0 Å². The van der Waals surface area contributed by atoms with Crippen LogP contribution in [0, 0.1) is 11.3 Å². The summed E-state index contributed by atoms with van der Waals surface area (Å²) < 4.78 is 32.1. The summed E-state index contributed by atoms with van der Waals surface area (Å²) in [5, 5.41) is 11.9. The van der Waals surface area contributed by atoms with Crippen LogP contribution in [0.1, 0.15) is 10.6 Å². The second-order valence-corrected chi connectivity index (χ2v) is 8.47. The molecule has 1 fully saturated rings. The van der Waals surface area contributed by atoms with E-state index in [2.05, 4.69) is 10.3 Å². The molecule has 3 heterocycles. The fourth-order valence-electron chi connectivity index (χ4n) is 2.26. The van der Waals surface area contributed by atoms with Crippen LogP contribution in [-0.2, 0) is 21.3 Å². The van der Waals surface area contributed by atoms with Gasteiger partial charge in [-0.15, -0.1) is 11.3 Å². The van der Waals surface area contributed by atoms with Crippen molar-refractivity contribution in [3.63, 3.8) is 0 Å². The highest BCUT2D eigenvalue weighted by Gasteiger charge is 2.27. The van der Waals surface area contributed by atoms with Gasteiger partial charge in [-0.05, 0) is 24.3 Å². The van der Waals surface area contributed by atoms with E-state index >= 15 is 0 Å². The third-order valence-corrected chi connectivity index (χ3v) is 7.00. The molecular weight excluding hydrogens is 348 g/mol. The lowest BCUT2D eigenvalue weighted by Crippen LogP contribution is -2.40. The Balaban J connectivity index is 1.65. The Bertz CT molecular complexity index is 834. The Morgan fingerprint density at radius 3 is 2.75 bits per heavy atom. The molecule has 7 nitrogen and oxygen atoms in total. The molecule has 0 radical (unpaired) electrons. The first-order valence-corrected chi connectivity index (χ1v) is 9.62. The molecule has 0 saturated carbocycles. The minimum absolute atomic E-state index is 0.346. The summed E-state index contributed by atoms with van der Waals surface area (Å²) in [6.07, 6.45) is 1.58. The van der Waals surface area contributed by atoms with Crippen LogP contribution in [0.2, 0.25) is 0 Å². The first-order chi connectivity index (χ1) is 11.6. The van der Waals surface area contributed by atoms with Crippen molar-refractivity contribution in [3.05, 3.63) is 41.0 Å². The van der Waals surface area contributed by atoms with Gasteiger partial charge in [0.1, 0.15) is 16.0 Å². The van der Waals surface area contributed by atoms with Crippen molar-refractivity contribution in [1.82, 2.24) is 9.29 Å². The van der Waals surface area contributed by atoms with Crippen molar-refractivity contribution in [2.75, 3.05) is 31.6 Å². The van der Waals surface area contributed by atoms with E-state index in [9.17, 15) is 8.42 Å². The third-order valence-electron chi connectivity index (χ3n) is 3.55. The van der Waals surface area contributed by atoms with Gasteiger partial charge in [-0.2, -0.15) is 9.57 Å². The smallest absolute Gasteiger partial charge is 0.252 e. The molecule has 0 amide bonds. The van der Waals surface area contributed by atoms with E-state index in [1.807, 2.05) is 12.1 Å². The van der Waals surface area contributed by atoms with Crippen LogP contribution >= 0.6 is 11.3 Å². The zero-order valence-electron chi connectivity index (χ0n) is 12.8. The van der Waals surface area contributed by atoms with Crippen molar-refractivity contribution in [3.8, 4) is 6.07 Å². The maximum atomic E-state index is 12.6. The number of nitrogens with one attached hydrogen (secondary N) is 1. The first-order valence-electron chi connectivity index (χ1n) is 7.36. The molecule has 0 unspecified atom stereocenters. The minimum Gasteiger partial charge on any atom is -0.379 e. The zero-order chi connectivity index (χ0) is 17.0. The molecule has 1 N–H and O–H groups in total. The van der Waals surface area contributed by atoms with Gasteiger partial charge in [-0.3, -0.25) is 0 Å². The molecule has 126 valence electrons. The SMILES string of the molecule is N#Cc1ccc(NCc2ccc(S(=O)(=O)N3CCOCC3)s2)cn1. The van der Waals surface area contributed by atoms with Crippen LogP contribution in [0.4, 0.5) is 5.69 Å². The molecule has 3 rings (SSSR count). The van der Waals surface area contributed by atoms with Crippen molar-refractivity contribution in [2.45, 2.75) is 10.8 Å². The van der Waals surface area contributed by atoms with Crippen LogP contribution in [0.5, 0.6) is 0 Å². The molecule has 24 heavy (non-hydrogen) atoms. The third kappa shape index (κ3) is 3.73. The van der Waals surface area contributed by atoms with Gasteiger partial charge in [0, 0.05) is 24.5 Å². The van der Waals surface area contributed by atoms with Gasteiger partial charge >= 0.3 is 0 Å². The van der Waals surface area contributed by atoms with E-state index in [4.69, 9.17) is 10.00 Å². The molecule has 0 spiro atoms. The number of nitrogens with zero attached hydrogens (tertiary/aromatic N) is 3. The Morgan fingerprint density at radius 1 is 1.29 bits per heavy atom. The van der Waals surface area contributed by atoms with Crippen LogP contribution in [0.15, 0.2) is 34.7 Å². The standard InChI is InChI=1S/C15H16N4O3S2/c16-9-12-1-2-13(10-17-12)18-11-14-3-4-15(23-14)24(20,21)19-5-7-22-8-6-19/h1-4,10,18H,5-8,11H2. The van der Waals surface area contributed by atoms with Gasteiger partial charge in [0.25, 0.3) is 10.0 Å². The molecule has 1 saturated heterocycles. The molecule has 9 heteroatoms. The predicted octanol–water partition coefficient (Wildman–Crippen LogP) is 1.65. The summed E-state index contributed by atoms with van der Waals surface area (Å²) in [6.45, 7) is 2.15. The number of ether oxygens (including phenoxy) is 1. The fraction of sp³-hybridized carbons (Fsp3) is 0.333. The molecule has 1 aliphatic heterocycles. The average Bonchev–Trinajstić information content (AvgIpc) is 3.11. The van der Waals surface area contributed by atoms with E-state index in [1.54, 1.807) is 24.4 Å². The van der Waals surface area contributed by atoms with Crippen molar-refractivity contribution in [2.24, 2.45) is 0 Å². The summed E-state index contributed by atoms with van der Waals surface area (Å²) in [7, 11) is -3.44. The minimum atomic E-state index is -3.44. The predicted molar refractivity (Wildman–Crippen MR) is 90.2 cm³/mol. The van der Waals surface area contributed by atoms with Crippen molar-refractivity contribution in [1.29, 1.82) is 5.26 Å². The summed E-state index contributed by atoms with van der Waals surface area (Å²) in [5.74, 6) is 0. The summed E-state index contributed by atoms with van der Waals surface area (Å²) in [6, 6.07) is 8.81. The van der Waals surface area contributed by atoms with Crippen LogP contribution < -0.4 is 5.32 Å². The highest BCUT2D eigenvalue weighted by atomic mass is 32.2. The quantitative estimate of drug-likeness (QED) is 0.867. The van der Waals surface area contributed by atoms with Gasteiger partial charge in [-0.1, -0.05) is 0 Å². The normalized spacial score (nSPS) is 15.8. The first kappa shape index (κ1) is 16.9. The largest absolute Gasteiger partial charge is 0.379 e. The Kier molecular flexibility index (Phi) is 5.11. The number of thiophene rings is 1. The molecule has 2 aromatic heterocycles. The number of sulfonamides is 1. The highest BCUT2D eigenvalue weighted by Crippen LogP contribution is 2.26. The van der Waals surface area contributed by atoms with E-state index in [0.717, 1.165) is 10.6 Å². The number of nitriles is 1. The number of aromatic nitrogens is 1. The zero-order valence-corrected chi connectivity index (χ0v) is 14.4. The average molecular weight is 364 g/mol. The Hall–Kier alpha value is -1.99. The number of hydrogen-bond donors (Lipinski definition) is 1.